The van der Waals surface area contributed by atoms with Crippen molar-refractivity contribution in [2.45, 2.75) is 65.9 Å². The predicted molar refractivity (Wildman–Crippen MR) is 82.0 cm³/mol. The molecular weight excluding hydrogens is 236 g/mol. The minimum Gasteiger partial charge on any atom is -0.455 e. The number of allylic oxidation sites excluding steroid dienone is 4. The molecule has 0 saturated carbocycles. The van der Waals surface area contributed by atoms with Crippen LogP contribution in [0.3, 0.4) is 0 Å². The molecule has 19 heavy (non-hydrogen) atoms. The van der Waals surface area contributed by atoms with E-state index in [1.807, 2.05) is 6.92 Å². The molecule has 0 aromatic rings. The summed E-state index contributed by atoms with van der Waals surface area (Å²) >= 11 is 0. The molecule has 2 heteroatoms. The van der Waals surface area contributed by atoms with Gasteiger partial charge in [0.1, 0.15) is 5.60 Å². The van der Waals surface area contributed by atoms with Crippen LogP contribution in [0.4, 0.5) is 0 Å². The zero-order valence-corrected chi connectivity index (χ0v) is 13.1. The quantitative estimate of drug-likeness (QED) is 0.457. The average Bonchev–Trinajstić information content (AvgIpc) is 2.27. The molecule has 1 atom stereocenters. The van der Waals surface area contributed by atoms with E-state index in [0.29, 0.717) is 0 Å². The lowest BCUT2D eigenvalue weighted by atomic mass is 9.98. The van der Waals surface area contributed by atoms with Crippen molar-refractivity contribution in [3.8, 4) is 0 Å². The molecule has 2 nitrogen and oxygen atoms in total. The summed E-state index contributed by atoms with van der Waals surface area (Å²) in [6.07, 6.45) is 10.0. The van der Waals surface area contributed by atoms with Gasteiger partial charge in [0.05, 0.1) is 0 Å². The zero-order valence-electron chi connectivity index (χ0n) is 13.1. The van der Waals surface area contributed by atoms with E-state index in [0.717, 1.165) is 25.7 Å². The summed E-state index contributed by atoms with van der Waals surface area (Å²) in [6, 6.07) is 0. The number of esters is 1. The molecule has 0 bridgehead atoms. The number of carbonyl (C=O) groups excluding carboxylic acids is 1. The maximum absolute atomic E-state index is 11.0. The lowest BCUT2D eigenvalue weighted by Crippen LogP contribution is -2.27. The Labute approximate surface area is 118 Å². The minimum atomic E-state index is -0.553. The van der Waals surface area contributed by atoms with Gasteiger partial charge in [-0.05, 0) is 59.5 Å². The number of hydrogen-bond donors (Lipinski definition) is 0. The third-order valence-corrected chi connectivity index (χ3v) is 3.03. The normalized spacial score (nSPS) is 14.5. The maximum atomic E-state index is 11.0. The number of hydrogen-bond acceptors (Lipinski definition) is 2. The van der Waals surface area contributed by atoms with E-state index in [1.54, 1.807) is 6.08 Å². The second-order valence-electron chi connectivity index (χ2n) is 5.52. The van der Waals surface area contributed by atoms with Gasteiger partial charge in [0.2, 0.25) is 0 Å². The Morgan fingerprint density at radius 3 is 2.26 bits per heavy atom. The lowest BCUT2D eigenvalue weighted by Gasteiger charge is -2.24. The smallest absolute Gasteiger partial charge is 0.303 e. The molecule has 0 spiro atoms. The fourth-order valence-corrected chi connectivity index (χ4v) is 1.82. The van der Waals surface area contributed by atoms with Crippen molar-refractivity contribution in [1.82, 2.24) is 0 Å². The van der Waals surface area contributed by atoms with Crippen molar-refractivity contribution < 1.29 is 9.53 Å². The van der Waals surface area contributed by atoms with Crippen LogP contribution < -0.4 is 0 Å². The van der Waals surface area contributed by atoms with Crippen LogP contribution in [0.1, 0.15) is 60.3 Å². The van der Waals surface area contributed by atoms with E-state index in [2.05, 4.69) is 39.5 Å². The van der Waals surface area contributed by atoms with Crippen LogP contribution in [-0.4, -0.2) is 11.6 Å². The van der Waals surface area contributed by atoms with Gasteiger partial charge >= 0.3 is 5.97 Å². The largest absolute Gasteiger partial charge is 0.455 e. The van der Waals surface area contributed by atoms with Crippen molar-refractivity contribution >= 4 is 5.97 Å². The molecule has 0 aliphatic carbocycles. The van der Waals surface area contributed by atoms with Crippen molar-refractivity contribution in [2.75, 3.05) is 0 Å². The Balaban J connectivity index is 4.20. The van der Waals surface area contributed by atoms with Crippen LogP contribution in [-0.2, 0) is 9.53 Å². The number of carbonyl (C=O) groups is 1. The van der Waals surface area contributed by atoms with Crippen LogP contribution >= 0.6 is 0 Å². The molecule has 0 saturated heterocycles. The first-order chi connectivity index (χ1) is 8.79. The van der Waals surface area contributed by atoms with Gasteiger partial charge in [-0.25, -0.2) is 0 Å². The molecule has 0 amide bonds. The van der Waals surface area contributed by atoms with Crippen LogP contribution in [0, 0.1) is 0 Å². The summed E-state index contributed by atoms with van der Waals surface area (Å²) in [6.45, 7) is 13.5. The predicted octanol–water partition coefficient (Wildman–Crippen LogP) is 4.97. The van der Waals surface area contributed by atoms with Gasteiger partial charge < -0.3 is 4.74 Å². The SMILES string of the molecule is C=C[C@](C)(CC/C=C(\C)CCC=C(C)C)OC(C)=O. The highest BCUT2D eigenvalue weighted by Crippen LogP contribution is 2.20. The monoisotopic (exact) mass is 264 g/mol. The molecular formula is C17H28O2. The Morgan fingerprint density at radius 1 is 1.16 bits per heavy atom. The zero-order chi connectivity index (χ0) is 14.9. The average molecular weight is 264 g/mol. The first-order valence-electron chi connectivity index (χ1n) is 6.91. The Hall–Kier alpha value is -1.31. The summed E-state index contributed by atoms with van der Waals surface area (Å²) in [5, 5.41) is 0. The van der Waals surface area contributed by atoms with Gasteiger partial charge in [-0.2, -0.15) is 0 Å². The van der Waals surface area contributed by atoms with Crippen molar-refractivity contribution in [3.63, 3.8) is 0 Å². The highest BCUT2D eigenvalue weighted by molar-refractivity contribution is 5.66. The minimum absolute atomic E-state index is 0.258. The fourth-order valence-electron chi connectivity index (χ4n) is 1.82. The van der Waals surface area contributed by atoms with Crippen LogP contribution in [0.25, 0.3) is 0 Å². The van der Waals surface area contributed by atoms with Gasteiger partial charge in [0, 0.05) is 6.92 Å². The topological polar surface area (TPSA) is 26.3 Å². The van der Waals surface area contributed by atoms with Crippen molar-refractivity contribution in [2.24, 2.45) is 0 Å². The van der Waals surface area contributed by atoms with E-state index < -0.39 is 5.60 Å². The van der Waals surface area contributed by atoms with Crippen molar-refractivity contribution in [3.05, 3.63) is 36.0 Å². The molecule has 0 radical (unpaired) electrons. The van der Waals surface area contributed by atoms with Gasteiger partial charge in [0.15, 0.2) is 0 Å². The first-order valence-corrected chi connectivity index (χ1v) is 6.91. The second-order valence-corrected chi connectivity index (χ2v) is 5.52. The van der Waals surface area contributed by atoms with Crippen LogP contribution in [0.2, 0.25) is 0 Å². The summed E-state index contributed by atoms with van der Waals surface area (Å²) < 4.78 is 5.29. The molecule has 0 aliphatic heterocycles. The fraction of sp³-hybridized carbons (Fsp3) is 0.588. The lowest BCUT2D eigenvalue weighted by molar-refractivity contribution is -0.151. The highest BCUT2D eigenvalue weighted by atomic mass is 16.6. The maximum Gasteiger partial charge on any atom is 0.303 e. The number of rotatable bonds is 8. The standard InChI is InChI=1S/C17H28O2/c1-7-17(6,19-16(5)18)13-9-12-15(4)11-8-10-14(2)3/h7,10,12H,1,8-9,11,13H2,2-6H3/b15-12+/t17-/m1/s1. The van der Waals surface area contributed by atoms with Crippen molar-refractivity contribution in [1.29, 1.82) is 0 Å². The molecule has 108 valence electrons. The van der Waals surface area contributed by atoms with E-state index in [9.17, 15) is 4.79 Å². The molecule has 0 aromatic carbocycles. The summed E-state index contributed by atoms with van der Waals surface area (Å²) in [5.41, 5.74) is 2.19. The highest BCUT2D eigenvalue weighted by Gasteiger charge is 2.22. The Bertz CT molecular complexity index is 359. The third-order valence-electron chi connectivity index (χ3n) is 3.03. The summed E-state index contributed by atoms with van der Waals surface area (Å²) in [4.78, 5) is 11.0. The summed E-state index contributed by atoms with van der Waals surface area (Å²) in [5.74, 6) is -0.258. The second kappa shape index (κ2) is 8.73. The Kier molecular flexibility index (Phi) is 8.13. The van der Waals surface area contributed by atoms with Crippen LogP contribution in [0.5, 0.6) is 0 Å². The van der Waals surface area contributed by atoms with E-state index in [4.69, 9.17) is 4.74 Å². The third kappa shape index (κ3) is 9.29. The van der Waals surface area contributed by atoms with E-state index in [1.165, 1.54) is 18.1 Å². The molecule has 0 aliphatic rings. The Morgan fingerprint density at radius 2 is 1.79 bits per heavy atom. The molecule has 0 aromatic heterocycles. The van der Waals surface area contributed by atoms with Gasteiger partial charge in [-0.1, -0.05) is 29.9 Å². The van der Waals surface area contributed by atoms with Gasteiger partial charge in [-0.15, -0.1) is 0 Å². The molecule has 0 fully saturated rings. The molecule has 0 rings (SSSR count). The van der Waals surface area contributed by atoms with Gasteiger partial charge in [0.25, 0.3) is 0 Å². The van der Waals surface area contributed by atoms with E-state index >= 15 is 0 Å². The number of ether oxygens (including phenoxy) is 1. The van der Waals surface area contributed by atoms with Gasteiger partial charge in [-0.3, -0.25) is 4.79 Å². The summed E-state index contributed by atoms with van der Waals surface area (Å²) in [7, 11) is 0. The molecule has 0 unspecified atom stereocenters. The molecule has 0 N–H and O–H groups in total. The van der Waals surface area contributed by atoms with E-state index in [-0.39, 0.29) is 5.97 Å². The first kappa shape index (κ1) is 17.7. The molecule has 0 heterocycles. The van der Waals surface area contributed by atoms with Crippen LogP contribution in [0.15, 0.2) is 36.0 Å².